The van der Waals surface area contributed by atoms with Crippen LogP contribution in [0, 0.1) is 5.92 Å². The summed E-state index contributed by atoms with van der Waals surface area (Å²) in [6.45, 7) is 2.05. The standard InChI is InChI=1S/C26H28N4O4/c27-25(31)19-7-6-14-30(18-19)24-13-12-20(17-28-24)29-26(32)22-10-4-5-11-23(22)34-16-15-33-21-8-2-1-3-9-21/h1-5,8-13,17,19H,6-7,14-16,18H2,(H2,27,31)(H,29,32). The molecule has 2 amide bonds. The highest BCUT2D eigenvalue weighted by Gasteiger charge is 2.24. The van der Waals surface area contributed by atoms with Crippen molar-refractivity contribution in [2.24, 2.45) is 11.7 Å². The van der Waals surface area contributed by atoms with Crippen molar-refractivity contribution in [3.05, 3.63) is 78.5 Å². The number of primary amides is 1. The molecule has 1 atom stereocenters. The van der Waals surface area contributed by atoms with E-state index in [4.69, 9.17) is 15.2 Å². The topological polar surface area (TPSA) is 107 Å². The number of anilines is 2. The van der Waals surface area contributed by atoms with Gasteiger partial charge in [0.1, 0.15) is 30.5 Å². The molecule has 1 unspecified atom stereocenters. The van der Waals surface area contributed by atoms with E-state index in [-0.39, 0.29) is 17.7 Å². The van der Waals surface area contributed by atoms with Crippen LogP contribution >= 0.6 is 0 Å². The molecule has 2 heterocycles. The average Bonchev–Trinajstić information content (AvgIpc) is 2.88. The second-order valence-corrected chi connectivity index (χ2v) is 8.05. The molecule has 4 rings (SSSR count). The number of ether oxygens (including phenoxy) is 2. The van der Waals surface area contributed by atoms with Gasteiger partial charge in [-0.25, -0.2) is 4.98 Å². The Labute approximate surface area is 198 Å². The number of carbonyl (C=O) groups is 2. The third-order valence-corrected chi connectivity index (χ3v) is 5.64. The summed E-state index contributed by atoms with van der Waals surface area (Å²) in [5.41, 5.74) is 6.46. The maximum absolute atomic E-state index is 12.9. The number of nitrogens with two attached hydrogens (primary N) is 1. The van der Waals surface area contributed by atoms with Crippen molar-refractivity contribution in [2.75, 3.05) is 36.5 Å². The first-order valence-corrected chi connectivity index (χ1v) is 11.3. The Kier molecular flexibility index (Phi) is 7.60. The fourth-order valence-corrected chi connectivity index (χ4v) is 3.87. The minimum absolute atomic E-state index is 0.162. The monoisotopic (exact) mass is 460 g/mol. The summed E-state index contributed by atoms with van der Waals surface area (Å²) >= 11 is 0. The van der Waals surface area contributed by atoms with Gasteiger partial charge in [-0.15, -0.1) is 0 Å². The number of rotatable bonds is 9. The first-order chi connectivity index (χ1) is 16.6. The molecule has 176 valence electrons. The number of amides is 2. The molecule has 0 bridgehead atoms. The molecule has 8 heteroatoms. The zero-order valence-corrected chi connectivity index (χ0v) is 18.9. The van der Waals surface area contributed by atoms with Crippen LogP contribution in [-0.2, 0) is 4.79 Å². The lowest BCUT2D eigenvalue weighted by atomic mass is 9.97. The van der Waals surface area contributed by atoms with Crippen LogP contribution in [0.2, 0.25) is 0 Å². The van der Waals surface area contributed by atoms with Crippen molar-refractivity contribution in [1.29, 1.82) is 0 Å². The molecule has 2 aromatic carbocycles. The van der Waals surface area contributed by atoms with E-state index in [9.17, 15) is 9.59 Å². The number of para-hydroxylation sites is 2. The van der Waals surface area contributed by atoms with E-state index in [0.717, 1.165) is 31.0 Å². The van der Waals surface area contributed by atoms with Gasteiger partial charge in [-0.2, -0.15) is 0 Å². The van der Waals surface area contributed by atoms with E-state index in [1.807, 2.05) is 47.4 Å². The van der Waals surface area contributed by atoms with Gasteiger partial charge >= 0.3 is 0 Å². The first-order valence-electron chi connectivity index (χ1n) is 11.3. The molecule has 34 heavy (non-hydrogen) atoms. The maximum atomic E-state index is 12.9. The predicted octanol–water partition coefficient (Wildman–Crippen LogP) is 3.49. The van der Waals surface area contributed by atoms with Crippen molar-refractivity contribution in [2.45, 2.75) is 12.8 Å². The molecule has 1 aliphatic rings. The molecule has 0 radical (unpaired) electrons. The van der Waals surface area contributed by atoms with E-state index in [1.54, 1.807) is 30.5 Å². The normalized spacial score (nSPS) is 15.4. The molecule has 3 aromatic rings. The van der Waals surface area contributed by atoms with Gasteiger partial charge < -0.3 is 25.4 Å². The number of aromatic nitrogens is 1. The summed E-state index contributed by atoms with van der Waals surface area (Å²) in [7, 11) is 0. The van der Waals surface area contributed by atoms with E-state index in [0.29, 0.717) is 36.8 Å². The number of nitrogens with zero attached hydrogens (tertiary/aromatic N) is 2. The molecule has 0 saturated carbocycles. The number of pyridine rings is 1. The summed E-state index contributed by atoms with van der Waals surface area (Å²) in [5, 5.41) is 2.87. The van der Waals surface area contributed by atoms with E-state index in [2.05, 4.69) is 10.3 Å². The van der Waals surface area contributed by atoms with Crippen molar-refractivity contribution < 1.29 is 19.1 Å². The zero-order valence-electron chi connectivity index (χ0n) is 18.9. The van der Waals surface area contributed by atoms with Crippen LogP contribution < -0.4 is 25.4 Å². The molecule has 1 fully saturated rings. The predicted molar refractivity (Wildman–Crippen MR) is 130 cm³/mol. The van der Waals surface area contributed by atoms with E-state index in [1.165, 1.54) is 0 Å². The van der Waals surface area contributed by atoms with Crippen molar-refractivity contribution in [3.63, 3.8) is 0 Å². The van der Waals surface area contributed by atoms with Gasteiger partial charge in [-0.1, -0.05) is 30.3 Å². The van der Waals surface area contributed by atoms with Crippen LogP contribution in [0.5, 0.6) is 11.5 Å². The quantitative estimate of drug-likeness (QED) is 0.474. The Morgan fingerprint density at radius 3 is 2.53 bits per heavy atom. The molecule has 1 aliphatic heterocycles. The lowest BCUT2D eigenvalue weighted by Gasteiger charge is -2.32. The van der Waals surface area contributed by atoms with Crippen LogP contribution in [0.4, 0.5) is 11.5 Å². The van der Waals surface area contributed by atoms with Gasteiger partial charge in [0, 0.05) is 13.1 Å². The smallest absolute Gasteiger partial charge is 0.259 e. The molecule has 0 spiro atoms. The van der Waals surface area contributed by atoms with Crippen LogP contribution in [0.15, 0.2) is 72.9 Å². The minimum atomic E-state index is -0.291. The van der Waals surface area contributed by atoms with Gasteiger partial charge in [-0.3, -0.25) is 9.59 Å². The third kappa shape index (κ3) is 6.04. The summed E-state index contributed by atoms with van der Waals surface area (Å²) in [6.07, 6.45) is 3.30. The Morgan fingerprint density at radius 1 is 1.00 bits per heavy atom. The molecule has 8 nitrogen and oxygen atoms in total. The Hall–Kier alpha value is -4.07. The van der Waals surface area contributed by atoms with Gasteiger partial charge in [0.15, 0.2) is 0 Å². The highest BCUT2D eigenvalue weighted by atomic mass is 16.5. The van der Waals surface area contributed by atoms with Gasteiger partial charge in [-0.05, 0) is 49.2 Å². The maximum Gasteiger partial charge on any atom is 0.259 e. The van der Waals surface area contributed by atoms with Crippen LogP contribution in [0.3, 0.4) is 0 Å². The van der Waals surface area contributed by atoms with Crippen LogP contribution in [0.1, 0.15) is 23.2 Å². The zero-order chi connectivity index (χ0) is 23.8. The van der Waals surface area contributed by atoms with Crippen LogP contribution in [0.25, 0.3) is 0 Å². The highest BCUT2D eigenvalue weighted by molar-refractivity contribution is 6.06. The Morgan fingerprint density at radius 2 is 1.76 bits per heavy atom. The number of piperidine rings is 1. The SMILES string of the molecule is NC(=O)C1CCCN(c2ccc(NC(=O)c3ccccc3OCCOc3ccccc3)cn2)C1. The van der Waals surface area contributed by atoms with E-state index >= 15 is 0 Å². The number of hydrogen-bond acceptors (Lipinski definition) is 6. The third-order valence-electron chi connectivity index (χ3n) is 5.64. The Balaban J connectivity index is 1.33. The summed E-state index contributed by atoms with van der Waals surface area (Å²) in [5.74, 6) is 1.27. The molecule has 1 aromatic heterocycles. The minimum Gasteiger partial charge on any atom is -0.490 e. The van der Waals surface area contributed by atoms with Crippen molar-refractivity contribution >= 4 is 23.3 Å². The van der Waals surface area contributed by atoms with Crippen molar-refractivity contribution in [3.8, 4) is 11.5 Å². The fourth-order valence-electron chi connectivity index (χ4n) is 3.87. The molecular weight excluding hydrogens is 432 g/mol. The highest BCUT2D eigenvalue weighted by Crippen LogP contribution is 2.24. The number of nitrogens with one attached hydrogen (secondary N) is 1. The van der Waals surface area contributed by atoms with Gasteiger partial charge in [0.2, 0.25) is 5.91 Å². The summed E-state index contributed by atoms with van der Waals surface area (Å²) in [6, 6.07) is 20.2. The second-order valence-electron chi connectivity index (χ2n) is 8.05. The lowest BCUT2D eigenvalue weighted by Crippen LogP contribution is -2.41. The second kappa shape index (κ2) is 11.2. The lowest BCUT2D eigenvalue weighted by molar-refractivity contribution is -0.122. The molecular formula is C26H28N4O4. The van der Waals surface area contributed by atoms with Crippen molar-refractivity contribution in [1.82, 2.24) is 4.98 Å². The summed E-state index contributed by atoms with van der Waals surface area (Å²) in [4.78, 5) is 30.9. The number of hydrogen-bond donors (Lipinski definition) is 2. The van der Waals surface area contributed by atoms with Gasteiger partial charge in [0.05, 0.1) is 23.4 Å². The average molecular weight is 461 g/mol. The molecule has 0 aliphatic carbocycles. The van der Waals surface area contributed by atoms with Gasteiger partial charge in [0.25, 0.3) is 5.91 Å². The number of benzene rings is 2. The first kappa shape index (κ1) is 23.1. The fraction of sp³-hybridized carbons (Fsp3) is 0.269. The van der Waals surface area contributed by atoms with Crippen LogP contribution in [-0.4, -0.2) is 43.1 Å². The largest absolute Gasteiger partial charge is 0.490 e. The molecule has 1 saturated heterocycles. The molecule has 3 N–H and O–H groups in total. The van der Waals surface area contributed by atoms with E-state index < -0.39 is 0 Å². The number of carbonyl (C=O) groups excluding carboxylic acids is 2. The Bertz CT molecular complexity index is 1110. The summed E-state index contributed by atoms with van der Waals surface area (Å²) < 4.78 is 11.4.